The quantitative estimate of drug-likeness (QED) is 0.233. The molecule has 0 fully saturated rings. The normalized spacial score (nSPS) is 11.1. The van der Waals surface area contributed by atoms with Crippen molar-refractivity contribution in [1.29, 1.82) is 0 Å². The SMILES string of the molecule is CCCC/C([O-])=C/N(CCC(=O)O)CCN(CCC(=O)[O-])CCC(=O)O.[Ca+2]. The first kappa shape index (κ1) is 28.2. The van der Waals surface area contributed by atoms with E-state index in [1.54, 1.807) is 9.80 Å². The summed E-state index contributed by atoms with van der Waals surface area (Å²) in [7, 11) is 0. The Hall–Kier alpha value is -1.03. The molecular formula is C17H28CaN2O7. The second-order valence-electron chi connectivity index (χ2n) is 5.99. The second-order valence-corrected chi connectivity index (χ2v) is 5.99. The van der Waals surface area contributed by atoms with Crippen molar-refractivity contribution in [3.8, 4) is 0 Å². The van der Waals surface area contributed by atoms with Crippen LogP contribution in [0.3, 0.4) is 0 Å². The van der Waals surface area contributed by atoms with Gasteiger partial charge in [0.05, 0.1) is 12.8 Å². The number of rotatable bonds is 16. The molecule has 2 N–H and O–H groups in total. The molecule has 0 aromatic rings. The molecule has 9 nitrogen and oxygen atoms in total. The second kappa shape index (κ2) is 17.1. The van der Waals surface area contributed by atoms with E-state index in [0.717, 1.165) is 12.8 Å². The molecule has 150 valence electrons. The van der Waals surface area contributed by atoms with E-state index < -0.39 is 17.9 Å². The van der Waals surface area contributed by atoms with Gasteiger partial charge < -0.3 is 35.0 Å². The zero-order valence-electron chi connectivity index (χ0n) is 15.9. The molecule has 0 rings (SSSR count). The summed E-state index contributed by atoms with van der Waals surface area (Å²) < 4.78 is 0. The fourth-order valence-electron chi connectivity index (χ4n) is 2.21. The number of unbranched alkanes of at least 4 members (excludes halogenated alkanes) is 1. The van der Waals surface area contributed by atoms with Gasteiger partial charge in [-0.05, 0) is 19.0 Å². The smallest absolute Gasteiger partial charge is 0.874 e. The van der Waals surface area contributed by atoms with E-state index >= 15 is 0 Å². The van der Waals surface area contributed by atoms with Gasteiger partial charge >= 0.3 is 49.7 Å². The van der Waals surface area contributed by atoms with Gasteiger partial charge in [0, 0.05) is 38.7 Å². The summed E-state index contributed by atoms with van der Waals surface area (Å²) >= 11 is 0. The molecule has 0 bridgehead atoms. The molecule has 0 aliphatic rings. The molecule has 0 spiro atoms. The maximum Gasteiger partial charge on any atom is 2.00 e. The first-order valence-electron chi connectivity index (χ1n) is 8.72. The third kappa shape index (κ3) is 18.1. The maximum atomic E-state index is 11.9. The van der Waals surface area contributed by atoms with Gasteiger partial charge in [-0.15, -0.1) is 5.76 Å². The summed E-state index contributed by atoms with van der Waals surface area (Å²) in [5.74, 6) is -3.30. The number of carbonyl (C=O) groups excluding carboxylic acids is 1. The third-order valence-corrected chi connectivity index (χ3v) is 3.69. The predicted octanol–water partition coefficient (Wildman–Crippen LogP) is -1.31. The number of hydrogen-bond acceptors (Lipinski definition) is 7. The van der Waals surface area contributed by atoms with Crippen molar-refractivity contribution in [3.63, 3.8) is 0 Å². The Morgan fingerprint density at radius 2 is 1.41 bits per heavy atom. The van der Waals surface area contributed by atoms with Crippen LogP contribution >= 0.6 is 0 Å². The average Bonchev–Trinajstić information content (AvgIpc) is 2.56. The largest absolute Gasteiger partial charge is 2.00 e. The Morgan fingerprint density at radius 3 is 1.93 bits per heavy atom. The zero-order valence-corrected chi connectivity index (χ0v) is 18.1. The van der Waals surface area contributed by atoms with Crippen LogP contribution in [-0.2, 0) is 14.4 Å². The molecule has 0 aromatic heterocycles. The number of aliphatic carboxylic acids is 3. The fraction of sp³-hybridized carbons (Fsp3) is 0.706. The predicted molar refractivity (Wildman–Crippen MR) is 95.5 cm³/mol. The summed E-state index contributed by atoms with van der Waals surface area (Å²) in [6, 6.07) is 0. The number of hydrogen-bond donors (Lipinski definition) is 2. The number of carbonyl (C=O) groups is 3. The van der Waals surface area contributed by atoms with E-state index in [0.29, 0.717) is 19.5 Å². The summed E-state index contributed by atoms with van der Waals surface area (Å²) in [5, 5.41) is 40.1. The van der Waals surface area contributed by atoms with Crippen LogP contribution in [0.5, 0.6) is 0 Å². The third-order valence-electron chi connectivity index (χ3n) is 3.69. The van der Waals surface area contributed by atoms with Gasteiger partial charge in [-0.3, -0.25) is 9.59 Å². The monoisotopic (exact) mass is 412 g/mol. The van der Waals surface area contributed by atoms with Crippen molar-refractivity contribution >= 4 is 55.6 Å². The minimum Gasteiger partial charge on any atom is -0.874 e. The molecule has 0 atom stereocenters. The van der Waals surface area contributed by atoms with Gasteiger partial charge in [-0.2, -0.15) is 0 Å². The standard InChI is InChI=1S/C17H30N2O7.Ca/c1-2-3-4-14(20)13-19(10-7-17(25)26)12-11-18(8-5-15(21)22)9-6-16(23)24;/h13,20H,2-12H2,1H3,(H,21,22)(H,23,24)(H,25,26);/q;+2/p-2/b14-13-;. The Bertz CT molecular complexity index is 468. The number of carboxylic acid groups (broad SMARTS) is 3. The Morgan fingerprint density at radius 1 is 0.852 bits per heavy atom. The molecule has 0 amide bonds. The van der Waals surface area contributed by atoms with E-state index in [4.69, 9.17) is 10.2 Å². The maximum absolute atomic E-state index is 11.9. The molecule has 0 saturated heterocycles. The van der Waals surface area contributed by atoms with Crippen molar-refractivity contribution in [2.75, 3.05) is 32.7 Å². The minimum atomic E-state index is -1.23. The Balaban J connectivity index is 0. The van der Waals surface area contributed by atoms with Crippen LogP contribution in [0.1, 0.15) is 45.4 Å². The summed E-state index contributed by atoms with van der Waals surface area (Å²) in [5.41, 5.74) is 0. The van der Waals surface area contributed by atoms with Crippen molar-refractivity contribution < 1.29 is 34.8 Å². The van der Waals surface area contributed by atoms with E-state index in [-0.39, 0.29) is 82.4 Å². The number of carboxylic acids is 3. The van der Waals surface area contributed by atoms with Crippen molar-refractivity contribution in [1.82, 2.24) is 9.80 Å². The van der Waals surface area contributed by atoms with Gasteiger partial charge in [0.15, 0.2) is 0 Å². The molecule has 0 aliphatic carbocycles. The first-order chi connectivity index (χ1) is 12.2. The zero-order chi connectivity index (χ0) is 19.9. The van der Waals surface area contributed by atoms with Crippen molar-refractivity contribution in [2.45, 2.75) is 45.4 Å². The van der Waals surface area contributed by atoms with Crippen LogP contribution in [0.4, 0.5) is 0 Å². The Kier molecular flexibility index (Phi) is 17.8. The molecule has 10 heteroatoms. The first-order valence-corrected chi connectivity index (χ1v) is 8.72. The number of nitrogens with zero attached hydrogens (tertiary/aromatic N) is 2. The fourth-order valence-corrected chi connectivity index (χ4v) is 2.21. The molecule has 27 heavy (non-hydrogen) atoms. The summed E-state index contributed by atoms with van der Waals surface area (Å²) in [6.07, 6.45) is 2.90. The van der Waals surface area contributed by atoms with E-state index in [1.165, 1.54) is 6.20 Å². The number of allylic oxidation sites excluding steroid dienone is 1. The van der Waals surface area contributed by atoms with Crippen LogP contribution in [0, 0.1) is 0 Å². The van der Waals surface area contributed by atoms with Crippen molar-refractivity contribution in [3.05, 3.63) is 12.0 Å². The summed E-state index contributed by atoms with van der Waals surface area (Å²) in [6.45, 7) is 3.04. The van der Waals surface area contributed by atoms with Gasteiger partial charge in [0.25, 0.3) is 0 Å². The minimum absolute atomic E-state index is 0. The van der Waals surface area contributed by atoms with E-state index in [2.05, 4.69) is 0 Å². The molecule has 0 saturated carbocycles. The average molecular weight is 412 g/mol. The van der Waals surface area contributed by atoms with Crippen molar-refractivity contribution in [2.24, 2.45) is 0 Å². The molecule has 0 radical (unpaired) electrons. The van der Waals surface area contributed by atoms with Gasteiger partial charge in [0.1, 0.15) is 0 Å². The van der Waals surface area contributed by atoms with Crippen LogP contribution < -0.4 is 10.2 Å². The summed E-state index contributed by atoms with van der Waals surface area (Å²) in [4.78, 5) is 35.4. The van der Waals surface area contributed by atoms with Gasteiger partial charge in [-0.1, -0.05) is 19.8 Å². The topological polar surface area (TPSA) is 144 Å². The molecule has 0 heterocycles. The van der Waals surface area contributed by atoms with Crippen LogP contribution in [0.2, 0.25) is 0 Å². The van der Waals surface area contributed by atoms with Gasteiger partial charge in [-0.25, -0.2) is 0 Å². The molecule has 0 aromatic carbocycles. The van der Waals surface area contributed by atoms with Crippen LogP contribution in [-0.4, -0.2) is 108 Å². The van der Waals surface area contributed by atoms with Crippen LogP contribution in [0.15, 0.2) is 12.0 Å². The van der Waals surface area contributed by atoms with E-state index in [1.807, 2.05) is 6.92 Å². The molecular weight excluding hydrogens is 384 g/mol. The van der Waals surface area contributed by atoms with Crippen LogP contribution in [0.25, 0.3) is 0 Å². The molecule has 0 aliphatic heterocycles. The van der Waals surface area contributed by atoms with Gasteiger partial charge in [0.2, 0.25) is 0 Å². The molecule has 0 unspecified atom stereocenters. The van der Waals surface area contributed by atoms with E-state index in [9.17, 15) is 24.6 Å². The Labute approximate surface area is 189 Å².